The van der Waals surface area contributed by atoms with Gasteiger partial charge in [0, 0.05) is 12.6 Å². The zero-order valence-corrected chi connectivity index (χ0v) is 9.96. The molecule has 1 fully saturated rings. The molecule has 3 heteroatoms. The van der Waals surface area contributed by atoms with E-state index in [4.69, 9.17) is 5.73 Å². The summed E-state index contributed by atoms with van der Waals surface area (Å²) >= 11 is 0. The van der Waals surface area contributed by atoms with E-state index in [1.807, 2.05) is 13.8 Å². The van der Waals surface area contributed by atoms with E-state index in [0.717, 1.165) is 12.3 Å². The van der Waals surface area contributed by atoms with E-state index in [0.29, 0.717) is 6.54 Å². The van der Waals surface area contributed by atoms with E-state index < -0.39 is 0 Å². The largest absolute Gasteiger partial charge is 0.354 e. The first kappa shape index (κ1) is 12.5. The highest BCUT2D eigenvalue weighted by atomic mass is 16.1. The molecule has 0 saturated heterocycles. The molecule has 3 N–H and O–H groups in total. The van der Waals surface area contributed by atoms with Crippen LogP contribution in [-0.4, -0.2) is 18.5 Å². The van der Waals surface area contributed by atoms with Gasteiger partial charge in [0.2, 0.25) is 5.91 Å². The van der Waals surface area contributed by atoms with Gasteiger partial charge in [-0.3, -0.25) is 4.79 Å². The molecule has 0 aromatic carbocycles. The van der Waals surface area contributed by atoms with Gasteiger partial charge in [0.15, 0.2) is 0 Å². The van der Waals surface area contributed by atoms with Crippen LogP contribution >= 0.6 is 0 Å². The molecule has 1 atom stereocenters. The van der Waals surface area contributed by atoms with Gasteiger partial charge in [-0.25, -0.2) is 0 Å². The number of rotatable bonds is 5. The molecule has 0 bridgehead atoms. The molecule has 0 heterocycles. The van der Waals surface area contributed by atoms with Crippen LogP contribution in [0.1, 0.15) is 46.0 Å². The fourth-order valence-corrected chi connectivity index (χ4v) is 2.36. The Bertz CT molecular complexity index is 198. The molecule has 88 valence electrons. The SMILES string of the molecule is CC(C)NC(=O)C(CN)CC1CCCC1. The van der Waals surface area contributed by atoms with E-state index in [2.05, 4.69) is 5.32 Å². The third kappa shape index (κ3) is 4.20. The maximum absolute atomic E-state index is 11.8. The Morgan fingerprint density at radius 1 is 1.40 bits per heavy atom. The smallest absolute Gasteiger partial charge is 0.224 e. The molecule has 0 spiro atoms. The van der Waals surface area contributed by atoms with Gasteiger partial charge < -0.3 is 11.1 Å². The molecule has 1 aliphatic carbocycles. The van der Waals surface area contributed by atoms with Crippen molar-refractivity contribution in [3.05, 3.63) is 0 Å². The number of nitrogens with one attached hydrogen (secondary N) is 1. The molecule has 0 radical (unpaired) electrons. The first-order chi connectivity index (χ1) is 7.13. The van der Waals surface area contributed by atoms with Crippen molar-refractivity contribution in [3.63, 3.8) is 0 Å². The molecule has 1 saturated carbocycles. The maximum Gasteiger partial charge on any atom is 0.224 e. The zero-order valence-electron chi connectivity index (χ0n) is 9.96. The first-order valence-corrected chi connectivity index (χ1v) is 6.14. The minimum atomic E-state index is 0.0236. The third-order valence-corrected chi connectivity index (χ3v) is 3.18. The molecule has 1 rings (SSSR count). The zero-order chi connectivity index (χ0) is 11.3. The van der Waals surface area contributed by atoms with Gasteiger partial charge in [0.05, 0.1) is 5.92 Å². The van der Waals surface area contributed by atoms with Crippen LogP contribution in [0.2, 0.25) is 0 Å². The van der Waals surface area contributed by atoms with Gasteiger partial charge in [-0.15, -0.1) is 0 Å². The van der Waals surface area contributed by atoms with E-state index >= 15 is 0 Å². The Balaban J connectivity index is 2.36. The number of hydrogen-bond acceptors (Lipinski definition) is 2. The minimum absolute atomic E-state index is 0.0236. The van der Waals surface area contributed by atoms with Crippen molar-refractivity contribution in [1.82, 2.24) is 5.32 Å². The molecule has 1 aliphatic rings. The molecule has 1 unspecified atom stereocenters. The van der Waals surface area contributed by atoms with Crippen LogP contribution in [0.5, 0.6) is 0 Å². The van der Waals surface area contributed by atoms with Gasteiger partial charge >= 0.3 is 0 Å². The summed E-state index contributed by atoms with van der Waals surface area (Å²) < 4.78 is 0. The quantitative estimate of drug-likeness (QED) is 0.728. The molecular weight excluding hydrogens is 188 g/mol. The second-order valence-electron chi connectivity index (χ2n) is 4.98. The molecular formula is C12H24N2O. The Morgan fingerprint density at radius 2 is 2.00 bits per heavy atom. The van der Waals surface area contributed by atoms with Crippen molar-refractivity contribution in [3.8, 4) is 0 Å². The van der Waals surface area contributed by atoms with Crippen LogP contribution in [0.4, 0.5) is 0 Å². The standard InChI is InChI=1S/C12H24N2O/c1-9(2)14-12(15)11(8-13)7-10-5-3-4-6-10/h9-11H,3-8,13H2,1-2H3,(H,14,15). The van der Waals surface area contributed by atoms with Crippen LogP contribution in [-0.2, 0) is 4.79 Å². The van der Waals surface area contributed by atoms with Crippen molar-refractivity contribution < 1.29 is 4.79 Å². The summed E-state index contributed by atoms with van der Waals surface area (Å²) in [6.07, 6.45) is 6.20. The Hall–Kier alpha value is -0.570. The molecule has 0 aliphatic heterocycles. The van der Waals surface area contributed by atoms with Crippen molar-refractivity contribution in [2.75, 3.05) is 6.54 Å². The molecule has 3 nitrogen and oxygen atoms in total. The minimum Gasteiger partial charge on any atom is -0.354 e. The summed E-state index contributed by atoms with van der Waals surface area (Å²) in [5.74, 6) is 0.895. The van der Waals surface area contributed by atoms with Crippen LogP contribution in [0.15, 0.2) is 0 Å². The highest BCUT2D eigenvalue weighted by Gasteiger charge is 2.24. The second-order valence-corrected chi connectivity index (χ2v) is 4.98. The second kappa shape index (κ2) is 6.11. The number of carbonyl (C=O) groups is 1. The lowest BCUT2D eigenvalue weighted by Gasteiger charge is -2.19. The van der Waals surface area contributed by atoms with E-state index in [1.54, 1.807) is 0 Å². The number of hydrogen-bond donors (Lipinski definition) is 2. The molecule has 15 heavy (non-hydrogen) atoms. The average Bonchev–Trinajstić information content (AvgIpc) is 2.65. The summed E-state index contributed by atoms with van der Waals surface area (Å²) in [6.45, 7) is 4.46. The fourth-order valence-electron chi connectivity index (χ4n) is 2.36. The maximum atomic E-state index is 11.8. The normalized spacial score (nSPS) is 19.5. The monoisotopic (exact) mass is 212 g/mol. The molecule has 0 aromatic rings. The van der Waals surface area contributed by atoms with Crippen molar-refractivity contribution in [2.24, 2.45) is 17.6 Å². The van der Waals surface area contributed by atoms with Gasteiger partial charge in [0.1, 0.15) is 0 Å². The van der Waals surface area contributed by atoms with Crippen molar-refractivity contribution in [2.45, 2.75) is 52.0 Å². The third-order valence-electron chi connectivity index (χ3n) is 3.18. The average molecular weight is 212 g/mol. The van der Waals surface area contributed by atoms with Crippen LogP contribution < -0.4 is 11.1 Å². The summed E-state index contributed by atoms with van der Waals surface area (Å²) in [4.78, 5) is 11.8. The lowest BCUT2D eigenvalue weighted by molar-refractivity contribution is -0.125. The van der Waals surface area contributed by atoms with Gasteiger partial charge in [-0.1, -0.05) is 25.7 Å². The highest BCUT2D eigenvalue weighted by molar-refractivity contribution is 5.79. The predicted molar refractivity (Wildman–Crippen MR) is 62.4 cm³/mol. The van der Waals surface area contributed by atoms with Crippen molar-refractivity contribution in [1.29, 1.82) is 0 Å². The lowest BCUT2D eigenvalue weighted by Crippen LogP contribution is -2.39. The number of amides is 1. The number of nitrogens with two attached hydrogens (primary N) is 1. The topological polar surface area (TPSA) is 55.1 Å². The van der Waals surface area contributed by atoms with Crippen LogP contribution in [0.3, 0.4) is 0 Å². The van der Waals surface area contributed by atoms with E-state index in [1.165, 1.54) is 25.7 Å². The predicted octanol–water partition coefficient (Wildman–Crippen LogP) is 1.67. The highest BCUT2D eigenvalue weighted by Crippen LogP contribution is 2.30. The Kier molecular flexibility index (Phi) is 5.09. The Labute approximate surface area is 92.8 Å². The van der Waals surface area contributed by atoms with E-state index in [-0.39, 0.29) is 17.9 Å². The van der Waals surface area contributed by atoms with Gasteiger partial charge in [-0.2, -0.15) is 0 Å². The summed E-state index contributed by atoms with van der Waals surface area (Å²) in [5, 5.41) is 2.95. The van der Waals surface area contributed by atoms with Crippen molar-refractivity contribution >= 4 is 5.91 Å². The van der Waals surface area contributed by atoms with Gasteiger partial charge in [0.25, 0.3) is 0 Å². The van der Waals surface area contributed by atoms with Crippen LogP contribution in [0.25, 0.3) is 0 Å². The summed E-state index contributed by atoms with van der Waals surface area (Å²) in [5.41, 5.74) is 5.67. The molecule has 0 aromatic heterocycles. The molecule has 1 amide bonds. The summed E-state index contributed by atoms with van der Waals surface area (Å²) in [7, 11) is 0. The summed E-state index contributed by atoms with van der Waals surface area (Å²) in [6, 6.07) is 0.218. The Morgan fingerprint density at radius 3 is 2.47 bits per heavy atom. The lowest BCUT2D eigenvalue weighted by atomic mass is 9.92. The fraction of sp³-hybridized carbons (Fsp3) is 0.917. The van der Waals surface area contributed by atoms with E-state index in [9.17, 15) is 4.79 Å². The first-order valence-electron chi connectivity index (χ1n) is 6.14. The van der Waals surface area contributed by atoms with Gasteiger partial charge in [-0.05, 0) is 26.2 Å². The number of carbonyl (C=O) groups excluding carboxylic acids is 1. The van der Waals surface area contributed by atoms with Crippen LogP contribution in [0, 0.1) is 11.8 Å².